The standard InChI is InChI=1S/C15H26O4/c1-9(2)11-7-6-10(3)8-12(11)13(14(16)18-4)15(17)19-5/h9-13H,6-8H2,1-5H3. The van der Waals surface area contributed by atoms with Crippen molar-refractivity contribution in [3.05, 3.63) is 0 Å². The van der Waals surface area contributed by atoms with Crippen LogP contribution in [0.1, 0.15) is 40.0 Å². The molecular weight excluding hydrogens is 244 g/mol. The zero-order valence-electron chi connectivity index (χ0n) is 12.6. The Kier molecular flexibility index (Phi) is 5.83. The Balaban J connectivity index is 3.01. The van der Waals surface area contributed by atoms with Gasteiger partial charge in [0.2, 0.25) is 0 Å². The molecule has 19 heavy (non-hydrogen) atoms. The number of rotatable bonds is 4. The molecular formula is C15H26O4. The number of carbonyl (C=O) groups is 2. The highest BCUT2D eigenvalue weighted by molar-refractivity contribution is 5.95. The van der Waals surface area contributed by atoms with E-state index in [1.807, 2.05) is 0 Å². The minimum absolute atomic E-state index is 0.0312. The number of esters is 2. The maximum Gasteiger partial charge on any atom is 0.320 e. The lowest BCUT2D eigenvalue weighted by atomic mass is 9.65. The van der Waals surface area contributed by atoms with Crippen molar-refractivity contribution in [2.24, 2.45) is 29.6 Å². The highest BCUT2D eigenvalue weighted by Gasteiger charge is 2.44. The molecule has 4 heteroatoms. The van der Waals surface area contributed by atoms with Crippen LogP contribution in [0.5, 0.6) is 0 Å². The summed E-state index contributed by atoms with van der Waals surface area (Å²) in [6.07, 6.45) is 3.11. The molecule has 3 atom stereocenters. The molecule has 1 saturated carbocycles. The third-order valence-corrected chi connectivity index (χ3v) is 4.41. The van der Waals surface area contributed by atoms with Gasteiger partial charge in [-0.1, -0.05) is 27.2 Å². The van der Waals surface area contributed by atoms with Crippen molar-refractivity contribution in [2.75, 3.05) is 14.2 Å². The summed E-state index contributed by atoms with van der Waals surface area (Å²) in [5, 5.41) is 0. The minimum atomic E-state index is -0.773. The summed E-state index contributed by atoms with van der Waals surface area (Å²) in [6, 6.07) is 0. The van der Waals surface area contributed by atoms with Crippen LogP contribution in [-0.4, -0.2) is 26.2 Å². The van der Waals surface area contributed by atoms with Crippen LogP contribution in [0.2, 0.25) is 0 Å². The molecule has 1 rings (SSSR count). The van der Waals surface area contributed by atoms with Gasteiger partial charge >= 0.3 is 11.9 Å². The maximum atomic E-state index is 12.0. The molecule has 1 aliphatic carbocycles. The summed E-state index contributed by atoms with van der Waals surface area (Å²) in [7, 11) is 2.66. The third-order valence-electron chi connectivity index (χ3n) is 4.41. The van der Waals surface area contributed by atoms with Crippen LogP contribution in [0.4, 0.5) is 0 Å². The van der Waals surface area contributed by atoms with Crippen LogP contribution in [0, 0.1) is 29.6 Å². The van der Waals surface area contributed by atoms with Crippen molar-refractivity contribution in [3.8, 4) is 0 Å². The maximum absolute atomic E-state index is 12.0. The number of ether oxygens (including phenoxy) is 2. The molecule has 3 unspecified atom stereocenters. The van der Waals surface area contributed by atoms with Crippen molar-refractivity contribution in [1.29, 1.82) is 0 Å². The predicted octanol–water partition coefficient (Wildman–Crippen LogP) is 2.66. The van der Waals surface area contributed by atoms with Gasteiger partial charge in [-0.2, -0.15) is 0 Å². The largest absolute Gasteiger partial charge is 0.468 e. The lowest BCUT2D eigenvalue weighted by Gasteiger charge is -2.39. The molecule has 0 spiro atoms. The first kappa shape index (κ1) is 16.0. The van der Waals surface area contributed by atoms with Crippen LogP contribution >= 0.6 is 0 Å². The highest BCUT2D eigenvalue weighted by Crippen LogP contribution is 2.42. The second-order valence-corrected chi connectivity index (χ2v) is 6.01. The van der Waals surface area contributed by atoms with E-state index in [0.717, 1.165) is 19.3 Å². The monoisotopic (exact) mass is 270 g/mol. The fourth-order valence-electron chi connectivity index (χ4n) is 3.36. The Morgan fingerprint density at radius 1 is 1.00 bits per heavy atom. The Bertz CT molecular complexity index is 308. The Hall–Kier alpha value is -1.06. The molecule has 0 heterocycles. The topological polar surface area (TPSA) is 52.6 Å². The molecule has 110 valence electrons. The summed E-state index contributed by atoms with van der Waals surface area (Å²) in [5.41, 5.74) is 0. The molecule has 0 amide bonds. The van der Waals surface area contributed by atoms with Crippen LogP contribution in [0.3, 0.4) is 0 Å². The number of methoxy groups -OCH3 is 2. The fourth-order valence-corrected chi connectivity index (χ4v) is 3.36. The molecule has 4 nitrogen and oxygen atoms in total. The molecule has 0 N–H and O–H groups in total. The van der Waals surface area contributed by atoms with E-state index in [-0.39, 0.29) is 5.92 Å². The zero-order chi connectivity index (χ0) is 14.6. The second kappa shape index (κ2) is 6.92. The van der Waals surface area contributed by atoms with E-state index in [1.165, 1.54) is 14.2 Å². The quantitative estimate of drug-likeness (QED) is 0.582. The van der Waals surface area contributed by atoms with Crippen molar-refractivity contribution in [1.82, 2.24) is 0 Å². The summed E-state index contributed by atoms with van der Waals surface area (Å²) >= 11 is 0. The van der Waals surface area contributed by atoms with Gasteiger partial charge in [-0.15, -0.1) is 0 Å². The first-order valence-corrected chi connectivity index (χ1v) is 7.08. The van der Waals surface area contributed by atoms with E-state index < -0.39 is 17.9 Å². The van der Waals surface area contributed by atoms with Crippen LogP contribution in [0.25, 0.3) is 0 Å². The van der Waals surface area contributed by atoms with Crippen LogP contribution in [-0.2, 0) is 19.1 Å². The van der Waals surface area contributed by atoms with Gasteiger partial charge in [0.1, 0.15) is 0 Å². The number of hydrogen-bond acceptors (Lipinski definition) is 4. The van der Waals surface area contributed by atoms with Crippen molar-refractivity contribution < 1.29 is 19.1 Å². The van der Waals surface area contributed by atoms with E-state index >= 15 is 0 Å². The molecule has 0 radical (unpaired) electrons. The second-order valence-electron chi connectivity index (χ2n) is 6.01. The van der Waals surface area contributed by atoms with Gasteiger partial charge in [0, 0.05) is 0 Å². The predicted molar refractivity (Wildman–Crippen MR) is 72.4 cm³/mol. The van der Waals surface area contributed by atoms with Gasteiger partial charge in [0.15, 0.2) is 5.92 Å². The Morgan fingerprint density at radius 3 is 1.95 bits per heavy atom. The van der Waals surface area contributed by atoms with Gasteiger partial charge in [-0.05, 0) is 36.5 Å². The molecule has 0 bridgehead atoms. The zero-order valence-corrected chi connectivity index (χ0v) is 12.6. The SMILES string of the molecule is COC(=O)C(C(=O)OC)C1CC(C)CCC1C(C)C. The average molecular weight is 270 g/mol. The van der Waals surface area contributed by atoms with Crippen LogP contribution in [0.15, 0.2) is 0 Å². The minimum Gasteiger partial charge on any atom is -0.468 e. The number of carbonyl (C=O) groups excluding carboxylic acids is 2. The van der Waals surface area contributed by atoms with Gasteiger partial charge in [-0.25, -0.2) is 0 Å². The number of hydrogen-bond donors (Lipinski definition) is 0. The molecule has 0 saturated heterocycles. The normalized spacial score (nSPS) is 27.4. The van der Waals surface area contributed by atoms with Crippen molar-refractivity contribution in [2.45, 2.75) is 40.0 Å². The van der Waals surface area contributed by atoms with E-state index in [9.17, 15) is 9.59 Å². The van der Waals surface area contributed by atoms with Gasteiger partial charge in [-0.3, -0.25) is 9.59 Å². The average Bonchev–Trinajstić information content (AvgIpc) is 2.38. The van der Waals surface area contributed by atoms with E-state index in [2.05, 4.69) is 20.8 Å². The summed E-state index contributed by atoms with van der Waals surface area (Å²) in [6.45, 7) is 6.48. The van der Waals surface area contributed by atoms with Crippen molar-refractivity contribution in [3.63, 3.8) is 0 Å². The first-order valence-electron chi connectivity index (χ1n) is 7.08. The molecule has 0 aromatic heterocycles. The van der Waals surface area contributed by atoms with Crippen LogP contribution < -0.4 is 0 Å². The summed E-state index contributed by atoms with van der Waals surface area (Å²) < 4.78 is 9.62. The Morgan fingerprint density at radius 2 is 1.53 bits per heavy atom. The third kappa shape index (κ3) is 3.71. The van der Waals surface area contributed by atoms with Crippen molar-refractivity contribution >= 4 is 11.9 Å². The Labute approximate surface area is 115 Å². The smallest absolute Gasteiger partial charge is 0.320 e. The van der Waals surface area contributed by atoms with E-state index in [1.54, 1.807) is 0 Å². The molecule has 0 aromatic carbocycles. The summed E-state index contributed by atoms with van der Waals surface area (Å²) in [4.78, 5) is 23.9. The van der Waals surface area contributed by atoms with Gasteiger partial charge in [0.25, 0.3) is 0 Å². The first-order chi connectivity index (χ1) is 8.92. The molecule has 0 aliphatic heterocycles. The fraction of sp³-hybridized carbons (Fsp3) is 0.867. The van der Waals surface area contributed by atoms with Gasteiger partial charge < -0.3 is 9.47 Å². The van der Waals surface area contributed by atoms with E-state index in [4.69, 9.17) is 9.47 Å². The van der Waals surface area contributed by atoms with E-state index in [0.29, 0.717) is 17.8 Å². The van der Waals surface area contributed by atoms with Gasteiger partial charge in [0.05, 0.1) is 14.2 Å². The summed E-state index contributed by atoms with van der Waals surface area (Å²) in [5.74, 6) is -0.299. The highest BCUT2D eigenvalue weighted by atomic mass is 16.5. The molecule has 1 fully saturated rings. The lowest BCUT2D eigenvalue weighted by molar-refractivity contribution is -0.164. The molecule has 1 aliphatic rings. The lowest BCUT2D eigenvalue weighted by Crippen LogP contribution is -2.41. The molecule has 0 aromatic rings.